The van der Waals surface area contributed by atoms with E-state index in [1.165, 1.54) is 0 Å². The largest absolute Gasteiger partial charge is 0.396 e. The minimum Gasteiger partial charge on any atom is -0.396 e. The van der Waals surface area contributed by atoms with Crippen LogP contribution in [0.15, 0.2) is 59.5 Å². The van der Waals surface area contributed by atoms with Crippen LogP contribution in [0.3, 0.4) is 0 Å². The first-order chi connectivity index (χ1) is 11.6. The number of rotatable bonds is 7. The van der Waals surface area contributed by atoms with Crippen LogP contribution < -0.4 is 5.32 Å². The highest BCUT2D eigenvalue weighted by atomic mass is 32.2. The highest BCUT2D eigenvalue weighted by Gasteiger charge is 2.20. The first-order valence-corrected chi connectivity index (χ1v) is 9.23. The van der Waals surface area contributed by atoms with Gasteiger partial charge in [0.1, 0.15) is 0 Å². The van der Waals surface area contributed by atoms with Gasteiger partial charge in [0.05, 0.1) is 0 Å². The molecule has 0 spiro atoms. The highest BCUT2D eigenvalue weighted by molar-refractivity contribution is 7.98. The third-order valence-corrected chi connectivity index (χ3v) is 4.62. The number of nitrogens with zero attached hydrogens (tertiary/aromatic N) is 1. The molecular formula is C19H24N2O2S. The Bertz CT molecular complexity index is 632. The van der Waals surface area contributed by atoms with Crippen LogP contribution in [-0.4, -0.2) is 34.9 Å². The molecule has 0 fully saturated rings. The monoisotopic (exact) mass is 344 g/mol. The molecule has 0 aliphatic carbocycles. The number of urea groups is 1. The van der Waals surface area contributed by atoms with E-state index in [1.54, 1.807) is 16.7 Å². The minimum absolute atomic E-state index is 0.0549. The van der Waals surface area contributed by atoms with Crippen LogP contribution in [0, 0.1) is 0 Å². The van der Waals surface area contributed by atoms with Crippen molar-refractivity contribution in [2.45, 2.75) is 30.8 Å². The molecule has 1 unspecified atom stereocenters. The summed E-state index contributed by atoms with van der Waals surface area (Å²) in [6.07, 6.45) is 2.57. The number of amides is 2. The maximum Gasteiger partial charge on any atom is 0.322 e. The van der Waals surface area contributed by atoms with Crippen LogP contribution in [0.25, 0.3) is 0 Å². The van der Waals surface area contributed by atoms with Crippen LogP contribution in [0.1, 0.15) is 18.9 Å². The first kappa shape index (κ1) is 18.4. The summed E-state index contributed by atoms with van der Waals surface area (Å²) in [7, 11) is 0. The van der Waals surface area contributed by atoms with Gasteiger partial charge in [-0.25, -0.2) is 4.79 Å². The van der Waals surface area contributed by atoms with Gasteiger partial charge in [-0.3, -0.25) is 0 Å². The lowest BCUT2D eigenvalue weighted by molar-refractivity contribution is 0.169. The van der Waals surface area contributed by atoms with Crippen LogP contribution in [0.2, 0.25) is 0 Å². The van der Waals surface area contributed by atoms with Gasteiger partial charge in [0, 0.05) is 29.8 Å². The molecule has 2 aromatic carbocycles. The summed E-state index contributed by atoms with van der Waals surface area (Å²) in [4.78, 5) is 15.6. The summed E-state index contributed by atoms with van der Waals surface area (Å²) in [5.74, 6) is 0. The lowest BCUT2D eigenvalue weighted by atomic mass is 10.1. The summed E-state index contributed by atoms with van der Waals surface area (Å²) in [5, 5.41) is 12.2. The van der Waals surface area contributed by atoms with Crippen molar-refractivity contribution in [2.24, 2.45) is 0 Å². The Kier molecular flexibility index (Phi) is 7.15. The Balaban J connectivity index is 2.10. The average molecular weight is 344 g/mol. The van der Waals surface area contributed by atoms with Crippen molar-refractivity contribution in [2.75, 3.05) is 18.2 Å². The third kappa shape index (κ3) is 5.28. The van der Waals surface area contributed by atoms with Gasteiger partial charge in [-0.2, -0.15) is 0 Å². The molecule has 0 aromatic heterocycles. The van der Waals surface area contributed by atoms with Gasteiger partial charge in [-0.05, 0) is 49.4 Å². The number of anilines is 1. The van der Waals surface area contributed by atoms with Gasteiger partial charge in [0.2, 0.25) is 0 Å². The van der Waals surface area contributed by atoms with Gasteiger partial charge in [0.15, 0.2) is 0 Å². The van der Waals surface area contributed by atoms with Crippen molar-refractivity contribution >= 4 is 23.5 Å². The van der Waals surface area contributed by atoms with E-state index in [9.17, 15) is 9.90 Å². The molecule has 2 aromatic rings. The molecule has 24 heavy (non-hydrogen) atoms. The minimum atomic E-state index is -0.156. The molecule has 0 saturated carbocycles. The zero-order valence-electron chi connectivity index (χ0n) is 14.1. The second kappa shape index (κ2) is 9.35. The van der Waals surface area contributed by atoms with Crippen molar-refractivity contribution in [3.63, 3.8) is 0 Å². The zero-order chi connectivity index (χ0) is 17.4. The van der Waals surface area contributed by atoms with Gasteiger partial charge in [0.25, 0.3) is 0 Å². The molecule has 0 saturated heterocycles. The lowest BCUT2D eigenvalue weighted by Crippen LogP contribution is -2.41. The van der Waals surface area contributed by atoms with Gasteiger partial charge >= 0.3 is 6.03 Å². The van der Waals surface area contributed by atoms with Crippen molar-refractivity contribution in [3.05, 3.63) is 60.2 Å². The van der Waals surface area contributed by atoms with Gasteiger partial charge in [-0.15, -0.1) is 11.8 Å². The standard InChI is InChI=1S/C19H24N2O2S/c1-15(12-13-22)21(14-16-6-4-3-5-7-16)19(23)20-17-8-10-18(24-2)11-9-17/h3-11,15,22H,12-14H2,1-2H3,(H,20,23). The molecule has 0 heterocycles. The fourth-order valence-electron chi connectivity index (χ4n) is 2.42. The zero-order valence-corrected chi connectivity index (χ0v) is 14.9. The number of carbonyl (C=O) groups is 1. The van der Waals surface area contributed by atoms with E-state index in [1.807, 2.05) is 67.8 Å². The topological polar surface area (TPSA) is 52.6 Å². The number of aliphatic hydroxyl groups excluding tert-OH is 1. The number of aliphatic hydroxyl groups is 1. The number of hydrogen-bond acceptors (Lipinski definition) is 3. The van der Waals surface area contributed by atoms with Crippen molar-refractivity contribution in [1.29, 1.82) is 0 Å². The average Bonchev–Trinajstić information content (AvgIpc) is 2.61. The van der Waals surface area contributed by atoms with Crippen LogP contribution in [0.4, 0.5) is 10.5 Å². The summed E-state index contributed by atoms with van der Waals surface area (Å²) in [5.41, 5.74) is 1.84. The summed E-state index contributed by atoms with van der Waals surface area (Å²) < 4.78 is 0. The summed E-state index contributed by atoms with van der Waals surface area (Å²) >= 11 is 1.67. The SMILES string of the molecule is CSc1ccc(NC(=O)N(Cc2ccccc2)C(C)CCO)cc1. The van der Waals surface area contributed by atoms with Crippen molar-refractivity contribution in [1.82, 2.24) is 4.90 Å². The normalized spacial score (nSPS) is 11.8. The molecule has 0 bridgehead atoms. The molecule has 0 radical (unpaired) electrons. The molecule has 1 atom stereocenters. The van der Waals surface area contributed by atoms with Crippen molar-refractivity contribution < 1.29 is 9.90 Å². The van der Waals surface area contributed by atoms with Gasteiger partial charge in [-0.1, -0.05) is 30.3 Å². The lowest BCUT2D eigenvalue weighted by Gasteiger charge is -2.29. The number of carbonyl (C=O) groups excluding carboxylic acids is 1. The smallest absolute Gasteiger partial charge is 0.322 e. The summed E-state index contributed by atoms with van der Waals surface area (Å²) in [6.45, 7) is 2.52. The van der Waals surface area contributed by atoms with Gasteiger partial charge < -0.3 is 15.3 Å². The van der Waals surface area contributed by atoms with Crippen LogP contribution in [-0.2, 0) is 6.54 Å². The Hall–Kier alpha value is -1.98. The predicted octanol–water partition coefficient (Wildman–Crippen LogP) is 4.21. The Morgan fingerprint density at radius 1 is 1.17 bits per heavy atom. The molecule has 2 amide bonds. The molecule has 5 heteroatoms. The molecule has 128 valence electrons. The highest BCUT2D eigenvalue weighted by Crippen LogP contribution is 2.19. The number of hydrogen-bond donors (Lipinski definition) is 2. The Morgan fingerprint density at radius 3 is 2.42 bits per heavy atom. The Morgan fingerprint density at radius 2 is 1.83 bits per heavy atom. The second-order valence-corrected chi connectivity index (χ2v) is 6.51. The van der Waals surface area contributed by atoms with Crippen molar-refractivity contribution in [3.8, 4) is 0 Å². The predicted molar refractivity (Wildman–Crippen MR) is 100 cm³/mol. The molecule has 2 rings (SSSR count). The molecule has 4 nitrogen and oxygen atoms in total. The maximum atomic E-state index is 12.7. The van der Waals surface area contributed by atoms with Crippen LogP contribution in [0.5, 0.6) is 0 Å². The third-order valence-electron chi connectivity index (χ3n) is 3.88. The number of benzene rings is 2. The quantitative estimate of drug-likeness (QED) is 0.740. The summed E-state index contributed by atoms with van der Waals surface area (Å²) in [6, 6.07) is 17.4. The van der Waals surface area contributed by atoms with E-state index < -0.39 is 0 Å². The maximum absolute atomic E-state index is 12.7. The number of thioether (sulfide) groups is 1. The van der Waals surface area contributed by atoms with E-state index in [2.05, 4.69) is 5.32 Å². The first-order valence-electron chi connectivity index (χ1n) is 8.00. The van der Waals surface area contributed by atoms with E-state index in [4.69, 9.17) is 0 Å². The molecule has 2 N–H and O–H groups in total. The van der Waals surface area contributed by atoms with E-state index >= 15 is 0 Å². The number of nitrogens with one attached hydrogen (secondary N) is 1. The molecule has 0 aliphatic heterocycles. The van der Waals surface area contributed by atoms with E-state index in [-0.39, 0.29) is 18.7 Å². The Labute approximate surface area is 147 Å². The van der Waals surface area contributed by atoms with Crippen LogP contribution >= 0.6 is 11.8 Å². The van der Waals surface area contributed by atoms with E-state index in [0.717, 1.165) is 16.1 Å². The fraction of sp³-hybridized carbons (Fsp3) is 0.316. The molecule has 0 aliphatic rings. The molecular weight excluding hydrogens is 320 g/mol. The van der Waals surface area contributed by atoms with E-state index in [0.29, 0.717) is 13.0 Å². The fourth-order valence-corrected chi connectivity index (χ4v) is 2.83. The second-order valence-electron chi connectivity index (χ2n) is 5.63.